The van der Waals surface area contributed by atoms with Gasteiger partial charge in [-0.05, 0) is 102 Å². The minimum absolute atomic E-state index is 0.157. The number of benzene rings is 3. The second-order valence-electron chi connectivity index (χ2n) is 13.1. The largest absolute Gasteiger partial charge is 0.489 e. The van der Waals surface area contributed by atoms with Gasteiger partial charge in [0.1, 0.15) is 35.9 Å². The highest BCUT2D eigenvalue weighted by atomic mass is 16.6. The monoisotopic (exact) mass is 692 g/mol. The molecule has 0 aliphatic rings. The first-order valence-corrected chi connectivity index (χ1v) is 16.4. The van der Waals surface area contributed by atoms with Gasteiger partial charge in [0.2, 0.25) is 0 Å². The van der Waals surface area contributed by atoms with E-state index in [-0.39, 0.29) is 26.4 Å². The second-order valence-corrected chi connectivity index (χ2v) is 13.1. The van der Waals surface area contributed by atoms with Crippen molar-refractivity contribution < 1.29 is 47.6 Å². The maximum absolute atomic E-state index is 12.6. The van der Waals surface area contributed by atoms with E-state index in [2.05, 4.69) is 10.6 Å². The number of rotatable bonds is 14. The maximum atomic E-state index is 12.6. The number of ether oxygens (including phenoxy) is 6. The smallest absolute Gasteiger partial charge is 0.408 e. The third-order valence-corrected chi connectivity index (χ3v) is 6.70. The second kappa shape index (κ2) is 17.9. The minimum atomic E-state index is -1.05. The molecule has 0 saturated heterocycles. The van der Waals surface area contributed by atoms with Crippen molar-refractivity contribution in [1.29, 1.82) is 0 Å². The van der Waals surface area contributed by atoms with Crippen LogP contribution in [0.5, 0.6) is 11.5 Å². The van der Waals surface area contributed by atoms with Crippen LogP contribution >= 0.6 is 0 Å². The van der Waals surface area contributed by atoms with Crippen LogP contribution in [0.25, 0.3) is 0 Å². The lowest BCUT2D eigenvalue weighted by atomic mass is 10.1. The summed E-state index contributed by atoms with van der Waals surface area (Å²) in [5.74, 6) is -0.106. The van der Waals surface area contributed by atoms with Crippen LogP contribution in [0.4, 0.5) is 9.59 Å². The maximum Gasteiger partial charge on any atom is 0.408 e. The summed E-state index contributed by atoms with van der Waals surface area (Å²) in [4.78, 5) is 50.1. The van der Waals surface area contributed by atoms with Gasteiger partial charge in [0, 0.05) is 0 Å². The molecule has 2 amide bonds. The van der Waals surface area contributed by atoms with E-state index in [1.165, 1.54) is 0 Å². The first kappa shape index (κ1) is 39.2. The zero-order valence-corrected chi connectivity index (χ0v) is 30.0. The highest BCUT2D eigenvalue weighted by Gasteiger charge is 2.28. The molecule has 0 saturated carbocycles. The molecule has 0 unspecified atom stereocenters. The summed E-state index contributed by atoms with van der Waals surface area (Å²) >= 11 is 0. The summed E-state index contributed by atoms with van der Waals surface area (Å²) in [6.45, 7) is 14.6. The van der Waals surface area contributed by atoms with E-state index in [1.807, 2.05) is 24.3 Å². The normalized spacial score (nSPS) is 12.5. The predicted molar refractivity (Wildman–Crippen MR) is 185 cm³/mol. The number of nitrogens with one attached hydrogen (secondary N) is 2. The first-order chi connectivity index (χ1) is 23.6. The molecule has 0 heterocycles. The van der Waals surface area contributed by atoms with Gasteiger partial charge in [-0.25, -0.2) is 19.2 Å². The van der Waals surface area contributed by atoms with Gasteiger partial charge in [0.25, 0.3) is 0 Å². The number of alkyl carbamates (subject to hydrolysis) is 2. The van der Waals surface area contributed by atoms with Crippen molar-refractivity contribution >= 4 is 24.1 Å². The molecule has 0 aromatic heterocycles. The Morgan fingerprint density at radius 1 is 0.560 bits per heavy atom. The zero-order valence-electron chi connectivity index (χ0n) is 30.0. The Morgan fingerprint density at radius 3 is 1.20 bits per heavy atom. The number of amides is 2. The van der Waals surface area contributed by atoms with Gasteiger partial charge in [-0.15, -0.1) is 0 Å². The molecule has 270 valence electrons. The van der Waals surface area contributed by atoms with Crippen molar-refractivity contribution in [1.82, 2.24) is 10.6 Å². The molecule has 3 aromatic rings. The van der Waals surface area contributed by atoms with Crippen LogP contribution in [0.2, 0.25) is 0 Å². The molecule has 12 heteroatoms. The van der Waals surface area contributed by atoms with Crippen LogP contribution < -0.4 is 20.1 Å². The summed E-state index contributed by atoms with van der Waals surface area (Å²) in [5, 5.41) is 5.17. The van der Waals surface area contributed by atoms with Crippen LogP contribution in [0.1, 0.15) is 89.7 Å². The Bertz CT molecular complexity index is 1460. The summed E-state index contributed by atoms with van der Waals surface area (Å²) in [7, 11) is 0. The Hall–Kier alpha value is -5.26. The fourth-order valence-electron chi connectivity index (χ4n) is 4.53. The van der Waals surface area contributed by atoms with Gasteiger partial charge < -0.3 is 39.1 Å². The Morgan fingerprint density at radius 2 is 0.900 bits per heavy atom. The molecule has 3 rings (SSSR count). The SMILES string of the molecule is CCOC(=O)[C@H](NC(=O)OC(C)(C)C)c1ccc(OCc2ccccc2COc2ccc([C@@H](NC(=O)OC(C)(C)C)C(=O)OCC)cc2)cc1. The number of hydrogen-bond donors (Lipinski definition) is 2. The predicted octanol–water partition coefficient (Wildman–Crippen LogP) is 7.10. The number of carbonyl (C=O) groups excluding carboxylic acids is 4. The minimum Gasteiger partial charge on any atom is -0.489 e. The van der Waals surface area contributed by atoms with E-state index in [4.69, 9.17) is 28.4 Å². The molecule has 0 aliphatic carbocycles. The van der Waals surface area contributed by atoms with Crippen molar-refractivity contribution in [3.63, 3.8) is 0 Å². The topological polar surface area (TPSA) is 148 Å². The van der Waals surface area contributed by atoms with E-state index in [0.717, 1.165) is 11.1 Å². The van der Waals surface area contributed by atoms with E-state index < -0.39 is 47.4 Å². The van der Waals surface area contributed by atoms with Gasteiger partial charge in [-0.2, -0.15) is 0 Å². The van der Waals surface area contributed by atoms with E-state index in [0.29, 0.717) is 22.6 Å². The summed E-state index contributed by atoms with van der Waals surface area (Å²) in [6.07, 6.45) is -1.47. The lowest BCUT2D eigenvalue weighted by molar-refractivity contribution is -0.146. The molecule has 0 fully saturated rings. The lowest BCUT2D eigenvalue weighted by Crippen LogP contribution is -2.38. The van der Waals surface area contributed by atoms with Crippen molar-refractivity contribution in [2.45, 2.75) is 91.9 Å². The molecular formula is C38H48N2O10. The molecule has 12 nitrogen and oxygen atoms in total. The Kier molecular flexibility index (Phi) is 14.1. The number of esters is 2. The summed E-state index contributed by atoms with van der Waals surface area (Å²) < 4.78 is 33.1. The van der Waals surface area contributed by atoms with E-state index >= 15 is 0 Å². The molecule has 2 N–H and O–H groups in total. The molecule has 0 spiro atoms. The van der Waals surface area contributed by atoms with Gasteiger partial charge in [-0.3, -0.25) is 0 Å². The summed E-state index contributed by atoms with van der Waals surface area (Å²) in [5.41, 5.74) is 1.35. The highest BCUT2D eigenvalue weighted by Crippen LogP contribution is 2.24. The molecule has 2 atom stereocenters. The van der Waals surface area contributed by atoms with Crippen LogP contribution in [-0.2, 0) is 41.8 Å². The fraction of sp³-hybridized carbons (Fsp3) is 0.421. The van der Waals surface area contributed by atoms with Crippen LogP contribution in [0.3, 0.4) is 0 Å². The molecule has 0 aliphatic heterocycles. The zero-order chi connectivity index (χ0) is 36.9. The standard InChI is InChI=1S/C38H48N2O10/c1-9-45-33(41)31(39-35(43)49-37(3,4)5)25-15-19-29(20-16-25)47-23-27-13-11-12-14-28(27)24-48-30-21-17-26(18-22-30)32(34(42)46-10-2)40-36(44)50-38(6,7)8/h11-22,31-32H,9-10,23-24H2,1-8H3,(H,39,43)(H,40,44)/t31-,32-/m1/s1. The molecule has 0 bridgehead atoms. The van der Waals surface area contributed by atoms with Crippen LogP contribution in [0, 0.1) is 0 Å². The van der Waals surface area contributed by atoms with Crippen LogP contribution in [0.15, 0.2) is 72.8 Å². The fourth-order valence-corrected chi connectivity index (χ4v) is 4.53. The van der Waals surface area contributed by atoms with Gasteiger partial charge >= 0.3 is 24.1 Å². The number of hydrogen-bond acceptors (Lipinski definition) is 10. The van der Waals surface area contributed by atoms with Crippen LogP contribution in [-0.4, -0.2) is 48.5 Å². The molecule has 3 aromatic carbocycles. The van der Waals surface area contributed by atoms with Gasteiger partial charge in [0.15, 0.2) is 12.1 Å². The van der Waals surface area contributed by atoms with Gasteiger partial charge in [-0.1, -0.05) is 48.5 Å². The average molecular weight is 693 g/mol. The Labute approximate surface area is 293 Å². The quantitative estimate of drug-likeness (QED) is 0.132. The van der Waals surface area contributed by atoms with Crippen molar-refractivity contribution in [3.8, 4) is 11.5 Å². The third kappa shape index (κ3) is 13.0. The van der Waals surface area contributed by atoms with Crippen molar-refractivity contribution in [2.24, 2.45) is 0 Å². The lowest BCUT2D eigenvalue weighted by Gasteiger charge is -2.23. The molecule has 50 heavy (non-hydrogen) atoms. The van der Waals surface area contributed by atoms with Gasteiger partial charge in [0.05, 0.1) is 13.2 Å². The molecule has 0 radical (unpaired) electrons. The third-order valence-electron chi connectivity index (χ3n) is 6.70. The number of carbonyl (C=O) groups is 4. The Balaban J connectivity index is 1.65. The summed E-state index contributed by atoms with van der Waals surface area (Å²) in [6, 6.07) is 19.1. The van der Waals surface area contributed by atoms with Crippen molar-refractivity contribution in [2.75, 3.05) is 13.2 Å². The van der Waals surface area contributed by atoms with E-state index in [9.17, 15) is 19.2 Å². The highest BCUT2D eigenvalue weighted by molar-refractivity contribution is 5.83. The molecular weight excluding hydrogens is 644 g/mol. The van der Waals surface area contributed by atoms with E-state index in [1.54, 1.807) is 104 Å². The van der Waals surface area contributed by atoms with Crippen molar-refractivity contribution in [3.05, 3.63) is 95.1 Å². The average Bonchev–Trinajstić information content (AvgIpc) is 3.04. The first-order valence-electron chi connectivity index (χ1n) is 16.4.